The van der Waals surface area contributed by atoms with Crippen LogP contribution in [-0.4, -0.2) is 11.7 Å². The summed E-state index contributed by atoms with van der Waals surface area (Å²) in [5.74, 6) is 0. The highest BCUT2D eigenvalue weighted by Gasteiger charge is 1.73. The van der Waals surface area contributed by atoms with Crippen LogP contribution < -0.4 is 0 Å². The number of aliphatic hydroxyl groups excluding tert-OH is 1. The summed E-state index contributed by atoms with van der Waals surface area (Å²) >= 11 is 4.91. The van der Waals surface area contributed by atoms with Crippen molar-refractivity contribution in [1.29, 1.82) is 0 Å². The van der Waals surface area contributed by atoms with Gasteiger partial charge in [-0.2, -0.15) is 0 Å². The van der Waals surface area contributed by atoms with Crippen molar-refractivity contribution in [1.82, 2.24) is 0 Å². The normalized spacial score (nSPS) is 7.60. The van der Waals surface area contributed by atoms with Crippen molar-refractivity contribution in [3.63, 3.8) is 0 Å². The standard InChI is InChI=1S/C3H4ClO/c1-3(4)2-5/h1,5H,2H2. The molecule has 0 aromatic rings. The molecule has 0 amide bonds. The predicted octanol–water partition coefficient (Wildman–Crippen LogP) is 0.534. The van der Waals surface area contributed by atoms with E-state index in [1.807, 2.05) is 0 Å². The molecule has 1 radical (unpaired) electrons. The van der Waals surface area contributed by atoms with Crippen LogP contribution in [0.1, 0.15) is 0 Å². The largest absolute Gasteiger partial charge is 0.391 e. The summed E-state index contributed by atoms with van der Waals surface area (Å²) in [4.78, 5) is 0. The molecular weight excluding hydrogens is 87.5 g/mol. The van der Waals surface area contributed by atoms with Crippen molar-refractivity contribution >= 4 is 11.6 Å². The van der Waals surface area contributed by atoms with Gasteiger partial charge >= 0.3 is 0 Å². The third-order valence-corrected chi connectivity index (χ3v) is 0.271. The molecule has 1 N–H and O–H groups in total. The summed E-state index contributed by atoms with van der Waals surface area (Å²) in [6, 6.07) is 0. The molecule has 1 nitrogen and oxygen atoms in total. The molecule has 0 fully saturated rings. The summed E-state index contributed by atoms with van der Waals surface area (Å²) in [5.41, 5.74) is 0. The predicted molar refractivity (Wildman–Crippen MR) is 20.8 cm³/mol. The lowest BCUT2D eigenvalue weighted by Crippen LogP contribution is -1.73. The van der Waals surface area contributed by atoms with Gasteiger partial charge in [0, 0.05) is 5.03 Å². The second kappa shape index (κ2) is 2.24. The minimum atomic E-state index is -0.235. The van der Waals surface area contributed by atoms with Crippen LogP contribution in [0.4, 0.5) is 0 Å². The van der Waals surface area contributed by atoms with Crippen molar-refractivity contribution in [2.45, 2.75) is 0 Å². The molecular formula is C3H4ClO. The molecule has 0 unspecified atom stereocenters. The Morgan fingerprint density at radius 3 is 2.20 bits per heavy atom. The van der Waals surface area contributed by atoms with Gasteiger partial charge in [-0.15, -0.1) is 0 Å². The third kappa shape index (κ3) is 3.99. The third-order valence-electron chi connectivity index (χ3n) is 0.151. The highest BCUT2D eigenvalue weighted by atomic mass is 35.5. The zero-order valence-corrected chi connectivity index (χ0v) is 3.37. The first-order valence-electron chi connectivity index (χ1n) is 1.15. The van der Waals surface area contributed by atoms with Gasteiger partial charge in [-0.05, 0) is 6.58 Å². The molecule has 0 spiro atoms. The molecule has 29 valence electrons. The maximum absolute atomic E-state index is 7.85. The molecule has 0 aliphatic heterocycles. The maximum atomic E-state index is 7.85. The first kappa shape index (κ1) is 4.99. The molecule has 0 aromatic carbocycles. The van der Waals surface area contributed by atoms with Crippen molar-refractivity contribution in [3.8, 4) is 0 Å². The van der Waals surface area contributed by atoms with Gasteiger partial charge in [0.05, 0.1) is 6.61 Å². The molecule has 0 atom stereocenters. The smallest absolute Gasteiger partial charge is 0.0788 e. The van der Waals surface area contributed by atoms with E-state index in [0.717, 1.165) is 0 Å². The van der Waals surface area contributed by atoms with E-state index in [9.17, 15) is 0 Å². The molecule has 0 saturated heterocycles. The summed E-state index contributed by atoms with van der Waals surface area (Å²) in [6.07, 6.45) is 0. The van der Waals surface area contributed by atoms with E-state index in [2.05, 4.69) is 0 Å². The Balaban J connectivity index is 2.85. The molecule has 0 bridgehead atoms. The Bertz CT molecular complexity index is 42.2. The van der Waals surface area contributed by atoms with E-state index in [0.29, 0.717) is 0 Å². The van der Waals surface area contributed by atoms with Crippen LogP contribution in [0.2, 0.25) is 0 Å². The first-order chi connectivity index (χ1) is 2.27. The zero-order valence-electron chi connectivity index (χ0n) is 2.61. The number of aliphatic hydroxyl groups is 1. The van der Waals surface area contributed by atoms with Crippen LogP contribution in [0.25, 0.3) is 0 Å². The zero-order chi connectivity index (χ0) is 4.28. The highest BCUT2D eigenvalue weighted by molar-refractivity contribution is 6.29. The Morgan fingerprint density at radius 1 is 2.00 bits per heavy atom. The van der Waals surface area contributed by atoms with Crippen molar-refractivity contribution in [2.24, 2.45) is 0 Å². The van der Waals surface area contributed by atoms with E-state index in [1.165, 1.54) is 0 Å². The topological polar surface area (TPSA) is 20.2 Å². The fraction of sp³-hybridized carbons (Fsp3) is 0.333. The molecule has 0 rings (SSSR count). The SMILES string of the molecule is [CH]=C(Cl)CO. The Labute approximate surface area is 35.9 Å². The van der Waals surface area contributed by atoms with Gasteiger partial charge in [0.15, 0.2) is 0 Å². The average Bonchev–Trinajstić information content (AvgIpc) is 1.38. The number of halogens is 1. The summed E-state index contributed by atoms with van der Waals surface area (Å²) in [5, 5.41) is 7.88. The van der Waals surface area contributed by atoms with E-state index < -0.39 is 0 Å². The fourth-order valence-corrected chi connectivity index (χ4v) is 0. The van der Waals surface area contributed by atoms with Crippen LogP contribution >= 0.6 is 11.6 Å². The number of hydrogen-bond acceptors (Lipinski definition) is 1. The molecule has 2 heteroatoms. The Morgan fingerprint density at radius 2 is 2.20 bits per heavy atom. The molecule has 0 aromatic heterocycles. The fourth-order valence-electron chi connectivity index (χ4n) is 0. The van der Waals surface area contributed by atoms with Crippen molar-refractivity contribution < 1.29 is 5.11 Å². The van der Waals surface area contributed by atoms with Crippen LogP contribution in [0.15, 0.2) is 5.03 Å². The van der Waals surface area contributed by atoms with Gasteiger partial charge in [0.25, 0.3) is 0 Å². The molecule has 0 saturated carbocycles. The minimum absolute atomic E-state index is 0.0324. The monoisotopic (exact) mass is 91.0 g/mol. The molecule has 0 aliphatic carbocycles. The van der Waals surface area contributed by atoms with Crippen molar-refractivity contribution in [3.05, 3.63) is 11.6 Å². The van der Waals surface area contributed by atoms with Gasteiger partial charge in [-0.3, -0.25) is 0 Å². The van der Waals surface area contributed by atoms with E-state index in [1.54, 1.807) is 0 Å². The van der Waals surface area contributed by atoms with Crippen LogP contribution in [0, 0.1) is 6.58 Å². The van der Waals surface area contributed by atoms with Crippen LogP contribution in [0.3, 0.4) is 0 Å². The highest BCUT2D eigenvalue weighted by Crippen LogP contribution is 1.89. The second-order valence-corrected chi connectivity index (χ2v) is 1.09. The van der Waals surface area contributed by atoms with Gasteiger partial charge in [0.1, 0.15) is 0 Å². The quantitative estimate of drug-likeness (QED) is 0.499. The van der Waals surface area contributed by atoms with Crippen molar-refractivity contribution in [2.75, 3.05) is 6.61 Å². The Kier molecular flexibility index (Phi) is 2.24. The van der Waals surface area contributed by atoms with E-state index in [-0.39, 0.29) is 11.6 Å². The van der Waals surface area contributed by atoms with Crippen LogP contribution in [0.5, 0.6) is 0 Å². The maximum Gasteiger partial charge on any atom is 0.0788 e. The first-order valence-corrected chi connectivity index (χ1v) is 1.53. The number of hydrogen-bond donors (Lipinski definition) is 1. The Hall–Kier alpha value is -0.0100. The summed E-state index contributed by atoms with van der Waals surface area (Å²) < 4.78 is 0. The van der Waals surface area contributed by atoms with Gasteiger partial charge in [0.2, 0.25) is 0 Å². The van der Waals surface area contributed by atoms with E-state index in [4.69, 9.17) is 23.3 Å². The minimum Gasteiger partial charge on any atom is -0.391 e. The van der Waals surface area contributed by atoms with E-state index >= 15 is 0 Å². The summed E-state index contributed by atoms with van der Waals surface area (Å²) in [7, 11) is 0. The number of rotatable bonds is 1. The lowest BCUT2D eigenvalue weighted by Gasteiger charge is -1.75. The molecule has 5 heavy (non-hydrogen) atoms. The summed E-state index contributed by atoms with van der Waals surface area (Å²) in [6.45, 7) is 4.49. The molecule has 0 heterocycles. The average molecular weight is 91.5 g/mol. The molecule has 0 aliphatic rings. The van der Waals surface area contributed by atoms with Gasteiger partial charge < -0.3 is 5.11 Å². The van der Waals surface area contributed by atoms with Crippen LogP contribution in [-0.2, 0) is 0 Å². The lowest BCUT2D eigenvalue weighted by molar-refractivity contribution is 0.339. The lowest BCUT2D eigenvalue weighted by atomic mass is 10.7. The second-order valence-electron chi connectivity index (χ2n) is 0.605. The van der Waals surface area contributed by atoms with Gasteiger partial charge in [-0.25, -0.2) is 0 Å². The van der Waals surface area contributed by atoms with Gasteiger partial charge in [-0.1, -0.05) is 11.6 Å².